The van der Waals surface area contributed by atoms with Crippen molar-refractivity contribution in [2.45, 2.75) is 81.1 Å². The highest BCUT2D eigenvalue weighted by molar-refractivity contribution is 5.57. The van der Waals surface area contributed by atoms with Gasteiger partial charge in [0.15, 0.2) is 0 Å². The van der Waals surface area contributed by atoms with E-state index >= 15 is 0 Å². The minimum atomic E-state index is 0.484. The van der Waals surface area contributed by atoms with Crippen molar-refractivity contribution in [2.75, 3.05) is 0 Å². The van der Waals surface area contributed by atoms with Crippen molar-refractivity contribution in [1.29, 1.82) is 0 Å². The Kier molecular flexibility index (Phi) is 8.75. The van der Waals surface area contributed by atoms with Gasteiger partial charge >= 0.3 is 0 Å². The molecular weight excluding hydrogens is 422 g/mol. The van der Waals surface area contributed by atoms with E-state index in [1.54, 1.807) is 0 Å². The summed E-state index contributed by atoms with van der Waals surface area (Å²) in [6.45, 7) is 17.5. The molecule has 0 aliphatic rings. The Labute approximate surface area is 204 Å². The second-order valence-electron chi connectivity index (χ2n) is 10.9. The van der Waals surface area contributed by atoms with Crippen molar-refractivity contribution in [3.8, 4) is 23.0 Å². The number of pyridine rings is 1. The van der Waals surface area contributed by atoms with Crippen LogP contribution in [0.25, 0.3) is 23.0 Å². The second kappa shape index (κ2) is 11.5. The highest BCUT2D eigenvalue weighted by Crippen LogP contribution is 2.22. The Bertz CT molecular complexity index is 1010. The molecule has 0 saturated carbocycles. The minimum Gasteiger partial charge on any atom is -0.241 e. The fraction of sp³-hybridized carbons (Fsp3) is 0.593. The zero-order valence-corrected chi connectivity index (χ0v) is 22.0. The summed E-state index contributed by atoms with van der Waals surface area (Å²) in [4.78, 5) is 14.6. The van der Waals surface area contributed by atoms with Gasteiger partial charge in [-0.05, 0) is 61.5 Å². The molecule has 0 amide bonds. The van der Waals surface area contributed by atoms with Crippen molar-refractivity contribution in [3.05, 3.63) is 41.0 Å². The zero-order valence-electron chi connectivity index (χ0n) is 22.0. The molecule has 0 N–H and O–H groups in total. The van der Waals surface area contributed by atoms with E-state index in [9.17, 15) is 0 Å². The molecule has 182 valence electrons. The largest absolute Gasteiger partial charge is 0.241 e. The smallest absolute Gasteiger partial charge is 0.200 e. The van der Waals surface area contributed by atoms with E-state index < -0.39 is 0 Å². The molecule has 0 atom stereocenters. The van der Waals surface area contributed by atoms with E-state index in [0.717, 1.165) is 48.5 Å². The fourth-order valence-electron chi connectivity index (χ4n) is 3.85. The van der Waals surface area contributed by atoms with Crippen molar-refractivity contribution in [1.82, 2.24) is 35.3 Å². The maximum absolute atomic E-state index is 4.88. The maximum Gasteiger partial charge on any atom is 0.200 e. The average Bonchev–Trinajstić information content (AvgIpc) is 2.75. The summed E-state index contributed by atoms with van der Waals surface area (Å²) in [7, 11) is 0. The van der Waals surface area contributed by atoms with E-state index in [2.05, 4.69) is 75.8 Å². The lowest BCUT2D eigenvalue weighted by atomic mass is 10.0. The van der Waals surface area contributed by atoms with Crippen LogP contribution in [-0.2, 0) is 25.7 Å². The predicted octanol–water partition coefficient (Wildman–Crippen LogP) is 5.58. The van der Waals surface area contributed by atoms with E-state index in [1.165, 1.54) is 0 Å². The topological polar surface area (TPSA) is 90.2 Å². The molecule has 0 aromatic carbocycles. The summed E-state index contributed by atoms with van der Waals surface area (Å²) in [5.74, 6) is 3.04. The lowest BCUT2D eigenvalue weighted by Crippen LogP contribution is -2.12. The number of hydrogen-bond donors (Lipinski definition) is 0. The van der Waals surface area contributed by atoms with Gasteiger partial charge in [-0.2, -0.15) is 10.2 Å². The Morgan fingerprint density at radius 1 is 0.471 bits per heavy atom. The molecule has 0 unspecified atom stereocenters. The number of aromatic nitrogens is 7. The molecular formula is C27H39N7. The van der Waals surface area contributed by atoms with Gasteiger partial charge < -0.3 is 0 Å². The van der Waals surface area contributed by atoms with Crippen LogP contribution in [-0.4, -0.2) is 35.3 Å². The summed E-state index contributed by atoms with van der Waals surface area (Å²) < 4.78 is 0. The Balaban J connectivity index is 1.99. The van der Waals surface area contributed by atoms with Gasteiger partial charge in [-0.1, -0.05) is 61.5 Å². The highest BCUT2D eigenvalue weighted by atomic mass is 15.2. The van der Waals surface area contributed by atoms with Gasteiger partial charge in [-0.15, -0.1) is 10.2 Å². The van der Waals surface area contributed by atoms with Crippen molar-refractivity contribution < 1.29 is 0 Å². The van der Waals surface area contributed by atoms with Gasteiger partial charge in [-0.3, -0.25) is 0 Å². The molecule has 3 heterocycles. The van der Waals surface area contributed by atoms with Gasteiger partial charge in [-0.25, -0.2) is 15.0 Å². The van der Waals surface area contributed by atoms with Crippen molar-refractivity contribution in [2.24, 2.45) is 23.7 Å². The fourth-order valence-corrected chi connectivity index (χ4v) is 3.85. The molecule has 0 bridgehead atoms. The lowest BCUT2D eigenvalue weighted by molar-refractivity contribution is 0.584. The van der Waals surface area contributed by atoms with Gasteiger partial charge in [0, 0.05) is 0 Å². The summed E-state index contributed by atoms with van der Waals surface area (Å²) in [6.07, 6.45) is 3.48. The molecule has 7 heteroatoms. The first-order chi connectivity index (χ1) is 16.1. The van der Waals surface area contributed by atoms with Gasteiger partial charge in [0.05, 0.1) is 22.8 Å². The monoisotopic (exact) mass is 461 g/mol. The normalized spacial score (nSPS) is 11.9. The molecule has 3 aromatic rings. The van der Waals surface area contributed by atoms with Crippen LogP contribution in [0.15, 0.2) is 18.2 Å². The Hall–Kier alpha value is -2.83. The van der Waals surface area contributed by atoms with Crippen LogP contribution in [0.1, 0.15) is 78.2 Å². The summed E-state index contributed by atoms with van der Waals surface area (Å²) in [5, 5.41) is 17.9. The van der Waals surface area contributed by atoms with Crippen molar-refractivity contribution in [3.63, 3.8) is 0 Å². The molecule has 34 heavy (non-hydrogen) atoms. The lowest BCUT2D eigenvalue weighted by Gasteiger charge is -2.13. The number of hydrogen-bond acceptors (Lipinski definition) is 7. The first-order valence-electron chi connectivity index (χ1n) is 12.5. The van der Waals surface area contributed by atoms with E-state index in [4.69, 9.17) is 15.0 Å². The van der Waals surface area contributed by atoms with E-state index in [-0.39, 0.29) is 0 Å². The molecule has 0 aliphatic heterocycles. The molecule has 3 aromatic heterocycles. The number of rotatable bonds is 10. The van der Waals surface area contributed by atoms with Crippen LogP contribution in [0.2, 0.25) is 0 Å². The molecule has 7 nitrogen and oxygen atoms in total. The van der Waals surface area contributed by atoms with Crippen LogP contribution in [0.5, 0.6) is 0 Å². The Morgan fingerprint density at radius 2 is 0.824 bits per heavy atom. The first kappa shape index (κ1) is 25.8. The van der Waals surface area contributed by atoms with Crippen LogP contribution in [0.3, 0.4) is 0 Å². The Morgan fingerprint density at radius 3 is 1.18 bits per heavy atom. The van der Waals surface area contributed by atoms with Gasteiger partial charge in [0.25, 0.3) is 0 Å². The zero-order chi connectivity index (χ0) is 24.8. The molecule has 0 radical (unpaired) electrons. The van der Waals surface area contributed by atoms with E-state index in [0.29, 0.717) is 46.7 Å². The minimum absolute atomic E-state index is 0.484. The second-order valence-corrected chi connectivity index (χ2v) is 10.9. The molecule has 0 spiro atoms. The predicted molar refractivity (Wildman–Crippen MR) is 136 cm³/mol. The van der Waals surface area contributed by atoms with Crippen LogP contribution < -0.4 is 0 Å². The van der Waals surface area contributed by atoms with E-state index in [1.807, 2.05) is 18.2 Å². The molecule has 0 saturated heterocycles. The SMILES string of the molecule is CC(C)Cc1nnc(-c2cccc(-c3nnc(CC(C)C)c(CC(C)C)n3)n2)nc1CC(C)C. The van der Waals surface area contributed by atoms with Crippen molar-refractivity contribution >= 4 is 0 Å². The van der Waals surface area contributed by atoms with Crippen LogP contribution in [0.4, 0.5) is 0 Å². The third-order valence-electron chi connectivity index (χ3n) is 5.29. The third kappa shape index (κ3) is 7.08. The molecule has 0 fully saturated rings. The van der Waals surface area contributed by atoms with Crippen LogP contribution >= 0.6 is 0 Å². The number of nitrogens with zero attached hydrogens (tertiary/aromatic N) is 7. The summed E-state index contributed by atoms with van der Waals surface area (Å²) in [6, 6.07) is 5.77. The van der Waals surface area contributed by atoms with Gasteiger partial charge in [0.2, 0.25) is 11.6 Å². The maximum atomic E-state index is 4.88. The van der Waals surface area contributed by atoms with Gasteiger partial charge in [0.1, 0.15) is 11.4 Å². The quantitative estimate of drug-likeness (QED) is 0.389. The average molecular weight is 462 g/mol. The molecule has 3 rings (SSSR count). The summed E-state index contributed by atoms with van der Waals surface area (Å²) >= 11 is 0. The first-order valence-corrected chi connectivity index (χ1v) is 12.5. The standard InChI is InChI=1S/C27H39N7/c1-16(2)12-22-24(14-18(5)6)31-33-26(29-22)20-10-9-11-21(28-20)27-30-23(13-17(3)4)25(32-34-27)15-19(7)8/h9-11,16-19H,12-15H2,1-8H3. The highest BCUT2D eigenvalue weighted by Gasteiger charge is 2.17. The molecule has 0 aliphatic carbocycles. The van der Waals surface area contributed by atoms with Crippen LogP contribution in [0, 0.1) is 23.7 Å². The third-order valence-corrected chi connectivity index (χ3v) is 5.29. The summed E-state index contributed by atoms with van der Waals surface area (Å²) in [5.41, 5.74) is 5.33.